The third kappa shape index (κ3) is 7.10. The molecule has 0 aromatic carbocycles. The van der Waals surface area contributed by atoms with Gasteiger partial charge < -0.3 is 5.11 Å². The molecular formula is C10H19IO. The Morgan fingerprint density at radius 3 is 2.67 bits per heavy atom. The summed E-state index contributed by atoms with van der Waals surface area (Å²) in [5.74, 6) is 0.660. The molecule has 72 valence electrons. The third-order valence-electron chi connectivity index (χ3n) is 1.98. The Morgan fingerprint density at radius 1 is 1.50 bits per heavy atom. The molecule has 0 aliphatic rings. The van der Waals surface area contributed by atoms with Crippen LogP contribution in [0.1, 0.15) is 33.1 Å². The smallest absolute Gasteiger partial charge is 0.0433 e. The van der Waals surface area contributed by atoms with Crippen LogP contribution >= 0.6 is 22.6 Å². The summed E-state index contributed by atoms with van der Waals surface area (Å²) in [5.41, 5.74) is 1.46. The van der Waals surface area contributed by atoms with Gasteiger partial charge in [-0.25, -0.2) is 0 Å². The van der Waals surface area contributed by atoms with Crippen molar-refractivity contribution in [3.05, 3.63) is 11.6 Å². The van der Waals surface area contributed by atoms with Gasteiger partial charge in [0.15, 0.2) is 0 Å². The van der Waals surface area contributed by atoms with Crippen molar-refractivity contribution in [2.75, 3.05) is 11.0 Å². The number of allylic oxidation sites excluding steroid dienone is 2. The van der Waals surface area contributed by atoms with Crippen molar-refractivity contribution in [1.29, 1.82) is 0 Å². The molecule has 1 N–H and O–H groups in total. The van der Waals surface area contributed by atoms with Gasteiger partial charge in [0.05, 0.1) is 0 Å². The molecule has 12 heavy (non-hydrogen) atoms. The summed E-state index contributed by atoms with van der Waals surface area (Å²) in [6.07, 6.45) is 5.61. The number of halogens is 1. The number of alkyl halides is 1. The fourth-order valence-corrected chi connectivity index (χ4v) is 1.34. The summed E-state index contributed by atoms with van der Waals surface area (Å²) >= 11 is 2.38. The van der Waals surface area contributed by atoms with Crippen LogP contribution in [-0.2, 0) is 0 Å². The predicted octanol–water partition coefficient (Wildman–Crippen LogP) is 3.17. The maximum atomic E-state index is 8.67. The topological polar surface area (TPSA) is 20.2 Å². The maximum absolute atomic E-state index is 8.67. The van der Waals surface area contributed by atoms with Crippen LogP contribution in [0.2, 0.25) is 0 Å². The monoisotopic (exact) mass is 282 g/mol. The lowest BCUT2D eigenvalue weighted by Gasteiger charge is -2.06. The minimum Gasteiger partial charge on any atom is -0.396 e. The normalized spacial score (nSPS) is 14.8. The molecule has 0 aromatic heterocycles. The Bertz CT molecular complexity index is 132. The standard InChI is InChI=1S/C10H19IO/c1-9(6-7-12)4-3-5-10(2)8-11/h5,9,12H,3-4,6-8H2,1-2H3/b10-5-. The molecule has 0 aliphatic carbocycles. The Balaban J connectivity index is 3.41. The molecule has 0 amide bonds. The van der Waals surface area contributed by atoms with Gasteiger partial charge in [-0.3, -0.25) is 0 Å². The summed E-state index contributed by atoms with van der Waals surface area (Å²) in [6.45, 7) is 4.70. The molecule has 0 rings (SSSR count). The summed E-state index contributed by atoms with van der Waals surface area (Å²) in [7, 11) is 0. The lowest BCUT2D eigenvalue weighted by atomic mass is 10.0. The van der Waals surface area contributed by atoms with Crippen LogP contribution in [0.4, 0.5) is 0 Å². The highest BCUT2D eigenvalue weighted by molar-refractivity contribution is 14.1. The zero-order chi connectivity index (χ0) is 9.40. The highest BCUT2D eigenvalue weighted by Crippen LogP contribution is 2.11. The molecule has 0 aromatic rings. The van der Waals surface area contributed by atoms with E-state index < -0.39 is 0 Å². The first-order valence-electron chi connectivity index (χ1n) is 4.53. The number of aliphatic hydroxyl groups excluding tert-OH is 1. The minimum absolute atomic E-state index is 0.330. The van der Waals surface area contributed by atoms with E-state index in [1.165, 1.54) is 12.0 Å². The van der Waals surface area contributed by atoms with Gasteiger partial charge in [-0.2, -0.15) is 0 Å². The largest absolute Gasteiger partial charge is 0.396 e. The Morgan fingerprint density at radius 2 is 2.17 bits per heavy atom. The van der Waals surface area contributed by atoms with Gasteiger partial charge in [0.1, 0.15) is 0 Å². The zero-order valence-electron chi connectivity index (χ0n) is 8.02. The van der Waals surface area contributed by atoms with Gasteiger partial charge in [-0.05, 0) is 32.1 Å². The van der Waals surface area contributed by atoms with E-state index in [4.69, 9.17) is 5.11 Å². The molecule has 1 unspecified atom stereocenters. The van der Waals surface area contributed by atoms with Crippen molar-refractivity contribution in [3.63, 3.8) is 0 Å². The molecule has 0 saturated carbocycles. The summed E-state index contributed by atoms with van der Waals surface area (Å²) in [6, 6.07) is 0. The fraction of sp³-hybridized carbons (Fsp3) is 0.800. The average Bonchev–Trinajstić information content (AvgIpc) is 2.04. The van der Waals surface area contributed by atoms with E-state index >= 15 is 0 Å². The van der Waals surface area contributed by atoms with E-state index in [0.717, 1.165) is 17.3 Å². The van der Waals surface area contributed by atoms with Crippen LogP contribution < -0.4 is 0 Å². The second kappa shape index (κ2) is 8.05. The molecule has 0 fully saturated rings. The van der Waals surface area contributed by atoms with Crippen LogP contribution in [-0.4, -0.2) is 16.1 Å². The highest BCUT2D eigenvalue weighted by atomic mass is 127. The van der Waals surface area contributed by atoms with Crippen molar-refractivity contribution in [3.8, 4) is 0 Å². The van der Waals surface area contributed by atoms with Gasteiger partial charge in [0, 0.05) is 11.0 Å². The molecule has 1 atom stereocenters. The second-order valence-corrected chi connectivity index (χ2v) is 4.14. The lowest BCUT2D eigenvalue weighted by molar-refractivity contribution is 0.259. The average molecular weight is 282 g/mol. The lowest BCUT2D eigenvalue weighted by Crippen LogP contribution is -1.97. The number of rotatable bonds is 6. The van der Waals surface area contributed by atoms with E-state index in [1.54, 1.807) is 0 Å². The van der Waals surface area contributed by atoms with Crippen molar-refractivity contribution < 1.29 is 5.11 Å². The molecule has 0 heterocycles. The molecule has 1 nitrogen and oxygen atoms in total. The Hall–Kier alpha value is 0.430. The minimum atomic E-state index is 0.330. The maximum Gasteiger partial charge on any atom is 0.0433 e. The molecule has 0 bridgehead atoms. The number of hydrogen-bond donors (Lipinski definition) is 1. The summed E-state index contributed by atoms with van der Waals surface area (Å²) in [5, 5.41) is 8.67. The number of hydrogen-bond acceptors (Lipinski definition) is 1. The van der Waals surface area contributed by atoms with E-state index in [-0.39, 0.29) is 0 Å². The molecule has 0 aliphatic heterocycles. The van der Waals surface area contributed by atoms with Crippen LogP contribution in [0, 0.1) is 5.92 Å². The summed E-state index contributed by atoms with van der Waals surface area (Å²) < 4.78 is 1.13. The van der Waals surface area contributed by atoms with Crippen molar-refractivity contribution in [2.45, 2.75) is 33.1 Å². The fourth-order valence-electron chi connectivity index (χ4n) is 1.03. The SMILES string of the molecule is C/C(=C/CCC(C)CCO)CI. The van der Waals surface area contributed by atoms with E-state index in [0.29, 0.717) is 12.5 Å². The molecule has 0 spiro atoms. The first-order valence-corrected chi connectivity index (χ1v) is 6.05. The van der Waals surface area contributed by atoms with Gasteiger partial charge in [-0.1, -0.05) is 41.2 Å². The van der Waals surface area contributed by atoms with Crippen LogP contribution in [0.5, 0.6) is 0 Å². The quantitative estimate of drug-likeness (QED) is 0.451. The van der Waals surface area contributed by atoms with E-state index in [1.807, 2.05) is 0 Å². The van der Waals surface area contributed by atoms with Gasteiger partial charge >= 0.3 is 0 Å². The van der Waals surface area contributed by atoms with Crippen molar-refractivity contribution >= 4 is 22.6 Å². The Labute approximate surface area is 89.4 Å². The zero-order valence-corrected chi connectivity index (χ0v) is 10.2. The molecule has 0 radical (unpaired) electrons. The first-order chi connectivity index (χ1) is 5.70. The van der Waals surface area contributed by atoms with Crippen molar-refractivity contribution in [1.82, 2.24) is 0 Å². The van der Waals surface area contributed by atoms with E-state index in [2.05, 4.69) is 42.5 Å². The second-order valence-electron chi connectivity index (χ2n) is 3.38. The Kier molecular flexibility index (Phi) is 8.34. The molecule has 2 heteroatoms. The van der Waals surface area contributed by atoms with Crippen LogP contribution in [0.15, 0.2) is 11.6 Å². The van der Waals surface area contributed by atoms with Gasteiger partial charge in [-0.15, -0.1) is 0 Å². The predicted molar refractivity (Wildman–Crippen MR) is 62.7 cm³/mol. The van der Waals surface area contributed by atoms with Gasteiger partial charge in [0.25, 0.3) is 0 Å². The van der Waals surface area contributed by atoms with Crippen molar-refractivity contribution in [2.24, 2.45) is 5.92 Å². The first kappa shape index (κ1) is 12.4. The van der Waals surface area contributed by atoms with Crippen LogP contribution in [0.25, 0.3) is 0 Å². The number of aliphatic hydroxyl groups is 1. The van der Waals surface area contributed by atoms with Gasteiger partial charge in [0.2, 0.25) is 0 Å². The van der Waals surface area contributed by atoms with Crippen LogP contribution in [0.3, 0.4) is 0 Å². The summed E-state index contributed by atoms with van der Waals surface area (Å²) in [4.78, 5) is 0. The third-order valence-corrected chi connectivity index (χ3v) is 3.19. The molecular weight excluding hydrogens is 263 g/mol. The molecule has 0 saturated heterocycles. The highest BCUT2D eigenvalue weighted by Gasteiger charge is 1.98. The van der Waals surface area contributed by atoms with E-state index in [9.17, 15) is 0 Å².